The second-order valence-corrected chi connectivity index (χ2v) is 10.3. The zero-order chi connectivity index (χ0) is 24.6. The van der Waals surface area contributed by atoms with Gasteiger partial charge in [0, 0.05) is 30.8 Å². The molecule has 36 heavy (non-hydrogen) atoms. The molecule has 10 heteroatoms. The third-order valence-electron chi connectivity index (χ3n) is 7.51. The molecule has 1 saturated heterocycles. The maximum atomic E-state index is 13.6. The maximum Gasteiger partial charge on any atom is 0.292 e. The number of rotatable bonds is 6. The molecule has 4 heterocycles. The van der Waals surface area contributed by atoms with Crippen molar-refractivity contribution in [2.45, 2.75) is 50.7 Å². The van der Waals surface area contributed by atoms with E-state index >= 15 is 0 Å². The number of carbonyl (C=O) groups excluding carboxylic acids is 2. The first-order valence-corrected chi connectivity index (χ1v) is 12.8. The number of likely N-dealkylation sites (tertiary alicyclic amines) is 1. The molecule has 3 aromatic rings. The lowest BCUT2D eigenvalue weighted by atomic mass is 9.95. The summed E-state index contributed by atoms with van der Waals surface area (Å²) in [5, 5.41) is 16.1. The van der Waals surface area contributed by atoms with Gasteiger partial charge in [-0.3, -0.25) is 9.59 Å². The topological polar surface area (TPSA) is 109 Å². The average molecular weight is 490 g/mol. The Balaban J connectivity index is 1.24. The van der Waals surface area contributed by atoms with Crippen molar-refractivity contribution in [2.75, 3.05) is 26.7 Å². The normalized spacial score (nSPS) is 20.8. The number of piperidine rings is 1. The Morgan fingerprint density at radius 1 is 1.11 bits per heavy atom. The van der Waals surface area contributed by atoms with E-state index in [0.717, 1.165) is 43.7 Å². The Labute approximate surface area is 209 Å². The van der Waals surface area contributed by atoms with E-state index in [1.807, 2.05) is 35.0 Å². The first kappa shape index (κ1) is 22.9. The number of nitrogens with one attached hydrogen (secondary N) is 1. The van der Waals surface area contributed by atoms with Gasteiger partial charge in [0.25, 0.3) is 5.91 Å². The number of benzene rings is 1. The Bertz CT molecular complexity index is 1240. The van der Waals surface area contributed by atoms with Gasteiger partial charge in [0.1, 0.15) is 11.4 Å². The minimum Gasteiger partial charge on any atom is -0.353 e. The highest BCUT2D eigenvalue weighted by molar-refractivity contribution is 5.93. The Kier molecular flexibility index (Phi) is 6.04. The second-order valence-electron chi connectivity index (χ2n) is 10.3. The number of hydrogen-bond donors (Lipinski definition) is 1. The number of carbonyl (C=O) groups is 2. The average Bonchev–Trinajstić information content (AvgIpc) is 3.42. The molecule has 1 aliphatic carbocycles. The monoisotopic (exact) mass is 489 g/mol. The highest BCUT2D eigenvalue weighted by Gasteiger charge is 2.40. The predicted molar refractivity (Wildman–Crippen MR) is 131 cm³/mol. The highest BCUT2D eigenvalue weighted by Crippen LogP contribution is 2.34. The molecule has 3 aliphatic rings. The van der Waals surface area contributed by atoms with Crippen molar-refractivity contribution in [2.24, 2.45) is 5.92 Å². The molecule has 10 nitrogen and oxygen atoms in total. The summed E-state index contributed by atoms with van der Waals surface area (Å²) in [4.78, 5) is 30.9. The van der Waals surface area contributed by atoms with Crippen LogP contribution >= 0.6 is 0 Å². The lowest BCUT2D eigenvalue weighted by Crippen LogP contribution is -2.49. The summed E-state index contributed by atoms with van der Waals surface area (Å²) in [6.07, 6.45) is 4.20. The molecule has 1 atom stereocenters. The van der Waals surface area contributed by atoms with Gasteiger partial charge in [0.2, 0.25) is 11.7 Å². The number of nitrogens with zero attached hydrogens (tertiary/aromatic N) is 6. The molecule has 1 unspecified atom stereocenters. The van der Waals surface area contributed by atoms with Crippen molar-refractivity contribution in [1.29, 1.82) is 0 Å². The molecule has 1 aromatic carbocycles. The Morgan fingerprint density at radius 3 is 2.64 bits per heavy atom. The summed E-state index contributed by atoms with van der Waals surface area (Å²) in [5.41, 5.74) is 3.00. The van der Waals surface area contributed by atoms with Gasteiger partial charge in [0.05, 0.1) is 18.2 Å². The van der Waals surface area contributed by atoms with Crippen LogP contribution in [0.15, 0.2) is 40.9 Å². The minimum absolute atomic E-state index is 0.0646. The Morgan fingerprint density at radius 2 is 1.89 bits per heavy atom. The molecule has 2 aromatic heterocycles. The van der Waals surface area contributed by atoms with E-state index in [2.05, 4.69) is 32.7 Å². The first-order chi connectivity index (χ1) is 17.5. The van der Waals surface area contributed by atoms with Gasteiger partial charge >= 0.3 is 0 Å². The Hall–Kier alpha value is -3.53. The summed E-state index contributed by atoms with van der Waals surface area (Å²) >= 11 is 0. The van der Waals surface area contributed by atoms with Crippen molar-refractivity contribution >= 4 is 11.8 Å². The molecule has 2 fully saturated rings. The van der Waals surface area contributed by atoms with Crippen LogP contribution in [0.1, 0.15) is 53.5 Å². The molecule has 0 radical (unpaired) electrons. The lowest BCUT2D eigenvalue weighted by molar-refractivity contribution is -0.124. The quantitative estimate of drug-likeness (QED) is 0.566. The van der Waals surface area contributed by atoms with Crippen LogP contribution in [-0.2, 0) is 17.9 Å². The number of fused-ring (bicyclic) bond motifs is 1. The molecule has 188 valence electrons. The number of amides is 2. The van der Waals surface area contributed by atoms with Gasteiger partial charge in [-0.1, -0.05) is 40.7 Å². The van der Waals surface area contributed by atoms with Crippen molar-refractivity contribution in [1.82, 2.24) is 35.3 Å². The lowest BCUT2D eigenvalue weighted by Gasteiger charge is -2.34. The van der Waals surface area contributed by atoms with E-state index in [9.17, 15) is 9.59 Å². The van der Waals surface area contributed by atoms with E-state index < -0.39 is 5.92 Å². The van der Waals surface area contributed by atoms with E-state index in [1.54, 1.807) is 11.0 Å². The molecule has 6 rings (SSSR count). The fourth-order valence-corrected chi connectivity index (χ4v) is 5.18. The van der Waals surface area contributed by atoms with Crippen LogP contribution < -0.4 is 5.32 Å². The van der Waals surface area contributed by atoms with E-state index in [-0.39, 0.29) is 36.7 Å². The summed E-state index contributed by atoms with van der Waals surface area (Å²) in [5.74, 6) is -0.146. The molecule has 2 amide bonds. The van der Waals surface area contributed by atoms with Crippen LogP contribution in [-0.4, -0.2) is 74.5 Å². The van der Waals surface area contributed by atoms with Crippen molar-refractivity contribution in [3.05, 3.63) is 53.5 Å². The molecular weight excluding hydrogens is 458 g/mol. The van der Waals surface area contributed by atoms with Gasteiger partial charge in [0.15, 0.2) is 0 Å². The minimum atomic E-state index is -0.525. The number of aromatic nitrogens is 4. The van der Waals surface area contributed by atoms with Crippen molar-refractivity contribution < 1.29 is 14.1 Å². The fourth-order valence-electron chi connectivity index (χ4n) is 5.18. The smallest absolute Gasteiger partial charge is 0.292 e. The van der Waals surface area contributed by atoms with Gasteiger partial charge in [-0.05, 0) is 51.7 Å². The SMILES string of the molecule is CN1CCC(NC(=O)C2CN(C(=O)c3cc(-c4ccccc4)no3)Cc3nnn(CC4CC4)c32)CC1. The maximum absolute atomic E-state index is 13.6. The van der Waals surface area contributed by atoms with E-state index in [0.29, 0.717) is 17.3 Å². The fraction of sp³-hybridized carbons (Fsp3) is 0.500. The van der Waals surface area contributed by atoms with Crippen LogP contribution in [0.5, 0.6) is 0 Å². The van der Waals surface area contributed by atoms with Gasteiger partial charge in [-0.15, -0.1) is 5.10 Å². The van der Waals surface area contributed by atoms with Crippen molar-refractivity contribution in [3.63, 3.8) is 0 Å². The van der Waals surface area contributed by atoms with Crippen LogP contribution in [0.2, 0.25) is 0 Å². The molecule has 1 N–H and O–H groups in total. The van der Waals surface area contributed by atoms with Crippen LogP contribution in [0, 0.1) is 5.92 Å². The summed E-state index contributed by atoms with van der Waals surface area (Å²) < 4.78 is 7.33. The molecule has 0 bridgehead atoms. The molecule has 0 spiro atoms. The number of hydrogen-bond acceptors (Lipinski definition) is 7. The third kappa shape index (κ3) is 4.65. The first-order valence-electron chi connectivity index (χ1n) is 12.8. The predicted octanol–water partition coefficient (Wildman–Crippen LogP) is 2.29. The van der Waals surface area contributed by atoms with Crippen LogP contribution in [0.4, 0.5) is 0 Å². The zero-order valence-corrected chi connectivity index (χ0v) is 20.5. The van der Waals surface area contributed by atoms with Gasteiger partial charge in [-0.25, -0.2) is 4.68 Å². The highest BCUT2D eigenvalue weighted by atomic mass is 16.5. The van der Waals surface area contributed by atoms with Crippen LogP contribution in [0.3, 0.4) is 0 Å². The summed E-state index contributed by atoms with van der Waals surface area (Å²) in [6, 6.07) is 11.4. The zero-order valence-electron chi connectivity index (χ0n) is 20.5. The molecule has 2 aliphatic heterocycles. The second kappa shape index (κ2) is 9.50. The standard InChI is InChI=1S/C26H31N7O3/c1-31-11-9-19(10-12-31)27-25(34)20-15-32(16-22-24(20)33(30-28-22)14-17-7-8-17)26(35)23-13-21(29-36-23)18-5-3-2-4-6-18/h2-6,13,17,19-20H,7-12,14-16H2,1H3,(H,27,34). The van der Waals surface area contributed by atoms with Gasteiger partial charge < -0.3 is 19.6 Å². The molecular formula is C26H31N7O3. The molecule has 1 saturated carbocycles. The van der Waals surface area contributed by atoms with Crippen LogP contribution in [0.25, 0.3) is 11.3 Å². The van der Waals surface area contributed by atoms with E-state index in [1.165, 1.54) is 12.8 Å². The van der Waals surface area contributed by atoms with E-state index in [4.69, 9.17) is 4.52 Å². The third-order valence-corrected chi connectivity index (χ3v) is 7.51. The largest absolute Gasteiger partial charge is 0.353 e. The summed E-state index contributed by atoms with van der Waals surface area (Å²) in [6.45, 7) is 3.24. The van der Waals surface area contributed by atoms with Crippen molar-refractivity contribution in [3.8, 4) is 11.3 Å². The van der Waals surface area contributed by atoms with Gasteiger partial charge in [-0.2, -0.15) is 0 Å². The summed E-state index contributed by atoms with van der Waals surface area (Å²) in [7, 11) is 2.10.